The van der Waals surface area contributed by atoms with Crippen molar-refractivity contribution in [2.45, 2.75) is 6.54 Å². The monoisotopic (exact) mass is 395 g/mol. The zero-order valence-electron chi connectivity index (χ0n) is 13.4. The quantitative estimate of drug-likeness (QED) is 0.526. The number of hydrogen-bond donors (Lipinski definition) is 1. The number of anilines is 1. The van der Waals surface area contributed by atoms with Gasteiger partial charge in [0, 0.05) is 22.9 Å². The van der Waals surface area contributed by atoms with E-state index in [1.807, 2.05) is 47.3 Å². The Balaban J connectivity index is 1.65. The van der Waals surface area contributed by atoms with Gasteiger partial charge in [-0.15, -0.1) is 0 Å². The van der Waals surface area contributed by atoms with Gasteiger partial charge in [-0.05, 0) is 58.4 Å². The lowest BCUT2D eigenvalue weighted by atomic mass is 10.1. The lowest BCUT2D eigenvalue weighted by Gasteiger charge is -2.06. The number of hydrogen-bond acceptors (Lipinski definition) is 2. The summed E-state index contributed by atoms with van der Waals surface area (Å²) in [6.07, 6.45) is 3.70. The third-order valence-corrected chi connectivity index (χ3v) is 4.12. The Morgan fingerprint density at radius 1 is 0.880 bits per heavy atom. The lowest BCUT2D eigenvalue weighted by molar-refractivity contribution is -0.683. The largest absolute Gasteiger partial charge is 0.322 e. The van der Waals surface area contributed by atoms with Crippen LogP contribution in [0.5, 0.6) is 0 Å². The maximum atomic E-state index is 12.4. The number of rotatable bonds is 5. The number of ketones is 1. The second-order valence-electron chi connectivity index (χ2n) is 5.52. The van der Waals surface area contributed by atoms with Gasteiger partial charge in [-0.1, -0.05) is 18.2 Å². The Morgan fingerprint density at radius 2 is 1.60 bits per heavy atom. The van der Waals surface area contributed by atoms with E-state index >= 15 is 0 Å². The second kappa shape index (κ2) is 7.85. The number of carbonyl (C=O) groups excluding carboxylic acids is 2. The molecule has 1 N–H and O–H groups in total. The van der Waals surface area contributed by atoms with Crippen LogP contribution in [0, 0.1) is 0 Å². The number of benzene rings is 2. The lowest BCUT2D eigenvalue weighted by Crippen LogP contribution is -2.37. The van der Waals surface area contributed by atoms with Crippen molar-refractivity contribution >= 4 is 33.3 Å². The third-order valence-electron chi connectivity index (χ3n) is 3.65. The number of Topliss-reactive ketones (excluding diaryl/α,β-unsaturated/α-hetero) is 1. The maximum absolute atomic E-state index is 12.4. The summed E-state index contributed by atoms with van der Waals surface area (Å²) in [5, 5.41) is 2.82. The average Bonchev–Trinajstić information content (AvgIpc) is 2.63. The Bertz CT molecular complexity index is 893. The highest BCUT2D eigenvalue weighted by molar-refractivity contribution is 9.10. The summed E-state index contributed by atoms with van der Waals surface area (Å²) in [7, 11) is 0. The molecule has 0 atom stereocenters. The van der Waals surface area contributed by atoms with Gasteiger partial charge in [0.25, 0.3) is 5.91 Å². The summed E-state index contributed by atoms with van der Waals surface area (Å²) in [4.78, 5) is 24.5. The number of aromatic nitrogens is 1. The second-order valence-corrected chi connectivity index (χ2v) is 6.43. The molecule has 3 rings (SSSR count). The van der Waals surface area contributed by atoms with Gasteiger partial charge in [0.1, 0.15) is 0 Å². The molecule has 0 fully saturated rings. The van der Waals surface area contributed by atoms with Crippen molar-refractivity contribution in [3.8, 4) is 0 Å². The Labute approximate surface area is 154 Å². The minimum atomic E-state index is -0.177. The SMILES string of the molecule is O=C(C[n+]1cccc(Br)c1)c1ccc(NC(=O)c2ccccc2)cc1. The summed E-state index contributed by atoms with van der Waals surface area (Å²) in [6.45, 7) is 0.259. The highest BCUT2D eigenvalue weighted by atomic mass is 79.9. The van der Waals surface area contributed by atoms with Crippen LogP contribution in [-0.2, 0) is 6.54 Å². The molecule has 2 aromatic carbocycles. The molecule has 5 heteroatoms. The van der Waals surface area contributed by atoms with Crippen molar-refractivity contribution in [1.82, 2.24) is 0 Å². The summed E-state index contributed by atoms with van der Waals surface area (Å²) in [5.74, 6) is -0.173. The van der Waals surface area contributed by atoms with E-state index in [-0.39, 0.29) is 18.2 Å². The van der Waals surface area contributed by atoms with Gasteiger partial charge >= 0.3 is 0 Å². The molecular formula is C20H16BrN2O2+. The standard InChI is InChI=1S/C20H15BrN2O2/c21-17-7-4-12-23(13-17)14-19(24)15-8-10-18(11-9-15)22-20(25)16-5-2-1-3-6-16/h1-13H,14H2/p+1. The Morgan fingerprint density at radius 3 is 2.28 bits per heavy atom. The molecule has 0 saturated heterocycles. The minimum absolute atomic E-state index is 0.00374. The molecule has 3 aromatic rings. The molecule has 124 valence electrons. The predicted molar refractivity (Wildman–Crippen MR) is 99.5 cm³/mol. The first-order valence-corrected chi connectivity index (χ1v) is 8.55. The molecule has 4 nitrogen and oxygen atoms in total. The average molecular weight is 396 g/mol. The van der Waals surface area contributed by atoms with Gasteiger partial charge in [0.2, 0.25) is 12.3 Å². The zero-order valence-corrected chi connectivity index (χ0v) is 14.9. The fourth-order valence-electron chi connectivity index (χ4n) is 2.38. The van der Waals surface area contributed by atoms with Gasteiger partial charge in [-0.25, -0.2) is 0 Å². The normalized spacial score (nSPS) is 10.3. The Hall–Kier alpha value is -2.79. The van der Waals surface area contributed by atoms with Gasteiger partial charge in [0.05, 0.1) is 4.47 Å². The van der Waals surface area contributed by atoms with Crippen LogP contribution in [0.15, 0.2) is 83.6 Å². The topological polar surface area (TPSA) is 50.0 Å². The molecule has 25 heavy (non-hydrogen) atoms. The van der Waals surface area contributed by atoms with Crippen LogP contribution in [0.4, 0.5) is 5.69 Å². The van der Waals surface area contributed by atoms with E-state index in [1.54, 1.807) is 36.4 Å². The van der Waals surface area contributed by atoms with Crippen molar-refractivity contribution in [2.24, 2.45) is 0 Å². The highest BCUT2D eigenvalue weighted by Gasteiger charge is 2.13. The molecule has 0 aliphatic rings. The van der Waals surface area contributed by atoms with Crippen LogP contribution in [0.2, 0.25) is 0 Å². The van der Waals surface area contributed by atoms with Crippen LogP contribution >= 0.6 is 15.9 Å². The van der Waals surface area contributed by atoms with Crippen LogP contribution in [0.1, 0.15) is 20.7 Å². The fourth-order valence-corrected chi connectivity index (χ4v) is 2.79. The van der Waals surface area contributed by atoms with Crippen molar-refractivity contribution in [1.29, 1.82) is 0 Å². The molecule has 0 unspecified atom stereocenters. The maximum Gasteiger partial charge on any atom is 0.255 e. The number of carbonyl (C=O) groups is 2. The molecule has 1 heterocycles. The van der Waals surface area contributed by atoms with Crippen molar-refractivity contribution in [3.05, 3.63) is 94.7 Å². The van der Waals surface area contributed by atoms with Gasteiger partial charge in [-0.3, -0.25) is 9.59 Å². The first-order valence-electron chi connectivity index (χ1n) is 7.76. The van der Waals surface area contributed by atoms with Gasteiger partial charge in [-0.2, -0.15) is 4.57 Å². The van der Waals surface area contributed by atoms with E-state index in [4.69, 9.17) is 0 Å². The predicted octanol–water partition coefficient (Wildman–Crippen LogP) is 3.87. The number of nitrogens with one attached hydrogen (secondary N) is 1. The first-order chi connectivity index (χ1) is 12.1. The summed E-state index contributed by atoms with van der Waals surface area (Å²) < 4.78 is 2.74. The number of amides is 1. The van der Waals surface area contributed by atoms with Crippen LogP contribution in [0.25, 0.3) is 0 Å². The molecule has 0 bridgehead atoms. The van der Waals surface area contributed by atoms with E-state index in [2.05, 4.69) is 21.2 Å². The summed E-state index contributed by atoms with van der Waals surface area (Å²) in [5.41, 5.74) is 1.85. The van der Waals surface area contributed by atoms with E-state index < -0.39 is 0 Å². The summed E-state index contributed by atoms with van der Waals surface area (Å²) in [6, 6.07) is 19.7. The number of halogens is 1. The highest BCUT2D eigenvalue weighted by Crippen LogP contribution is 2.12. The van der Waals surface area contributed by atoms with Crippen molar-refractivity contribution < 1.29 is 14.2 Å². The van der Waals surface area contributed by atoms with Crippen molar-refractivity contribution in [2.75, 3.05) is 5.32 Å². The number of pyridine rings is 1. The third kappa shape index (κ3) is 4.61. The van der Waals surface area contributed by atoms with Crippen molar-refractivity contribution in [3.63, 3.8) is 0 Å². The molecule has 0 aliphatic carbocycles. The zero-order chi connectivity index (χ0) is 17.6. The van der Waals surface area contributed by atoms with Gasteiger partial charge in [0.15, 0.2) is 12.4 Å². The van der Waals surface area contributed by atoms with Crippen LogP contribution in [-0.4, -0.2) is 11.7 Å². The van der Waals surface area contributed by atoms with Crippen LogP contribution < -0.4 is 9.88 Å². The van der Waals surface area contributed by atoms with E-state index in [1.165, 1.54) is 0 Å². The molecular weight excluding hydrogens is 380 g/mol. The summed E-state index contributed by atoms with van der Waals surface area (Å²) >= 11 is 3.39. The van der Waals surface area contributed by atoms with E-state index in [9.17, 15) is 9.59 Å². The van der Waals surface area contributed by atoms with Crippen LogP contribution in [0.3, 0.4) is 0 Å². The fraction of sp³-hybridized carbons (Fsp3) is 0.0500. The molecule has 1 amide bonds. The first kappa shape index (κ1) is 17.0. The van der Waals surface area contributed by atoms with E-state index in [0.717, 1.165) is 4.47 Å². The van der Waals surface area contributed by atoms with Gasteiger partial charge < -0.3 is 5.32 Å². The Kier molecular flexibility index (Phi) is 5.36. The molecule has 0 aliphatic heterocycles. The van der Waals surface area contributed by atoms with E-state index in [0.29, 0.717) is 16.8 Å². The molecule has 0 radical (unpaired) electrons. The smallest absolute Gasteiger partial charge is 0.255 e. The molecule has 0 saturated carbocycles. The molecule has 1 aromatic heterocycles. The minimum Gasteiger partial charge on any atom is -0.322 e. The number of nitrogens with zero attached hydrogens (tertiary/aromatic N) is 1. The molecule has 0 spiro atoms.